The van der Waals surface area contributed by atoms with Gasteiger partial charge in [-0.3, -0.25) is 4.79 Å². The number of hydrogen-bond donors (Lipinski definition) is 2. The third kappa shape index (κ3) is 2.78. The van der Waals surface area contributed by atoms with Crippen molar-refractivity contribution in [2.45, 2.75) is 30.5 Å². The first-order valence-electron chi connectivity index (χ1n) is 6.74. The molecule has 2 aromatic rings. The first kappa shape index (κ1) is 13.4. The molecule has 2 N–H and O–H groups in total. The van der Waals surface area contributed by atoms with Gasteiger partial charge in [-0.25, -0.2) is 4.98 Å². The molecule has 1 aromatic heterocycles. The van der Waals surface area contributed by atoms with Crippen LogP contribution in [0.4, 0.5) is 0 Å². The topological polar surface area (TPSA) is 57.8 Å². The fourth-order valence-electron chi connectivity index (χ4n) is 2.35. The van der Waals surface area contributed by atoms with Crippen molar-refractivity contribution in [2.75, 3.05) is 6.54 Å². The van der Waals surface area contributed by atoms with Gasteiger partial charge in [-0.1, -0.05) is 18.2 Å². The van der Waals surface area contributed by atoms with Crippen LogP contribution in [0, 0.1) is 6.92 Å². The van der Waals surface area contributed by atoms with Crippen LogP contribution in [-0.4, -0.2) is 16.5 Å². The lowest BCUT2D eigenvalue weighted by Crippen LogP contribution is -2.31. The van der Waals surface area contributed by atoms with Gasteiger partial charge in [0.15, 0.2) is 0 Å². The lowest BCUT2D eigenvalue weighted by Gasteiger charge is -2.15. The number of rotatable bonds is 3. The van der Waals surface area contributed by atoms with Crippen molar-refractivity contribution in [3.63, 3.8) is 0 Å². The molecule has 1 aromatic carbocycles. The lowest BCUT2D eigenvalue weighted by atomic mass is 10.1. The molecule has 0 atom stereocenters. The van der Waals surface area contributed by atoms with Gasteiger partial charge in [-0.15, -0.1) is 11.8 Å². The molecule has 0 unspecified atom stereocenters. The fraction of sp³-hybridized carbons (Fsp3) is 0.333. The van der Waals surface area contributed by atoms with Crippen molar-refractivity contribution in [1.82, 2.24) is 15.3 Å². The molecular weight excluding hydrogens is 270 g/mol. The summed E-state index contributed by atoms with van der Waals surface area (Å²) in [5.41, 5.74) is 3.02. The number of aryl methyl sites for hydroxylation is 1. The summed E-state index contributed by atoms with van der Waals surface area (Å²) < 4.78 is 0. The first-order chi connectivity index (χ1) is 9.74. The Labute approximate surface area is 122 Å². The number of hydrogen-bond acceptors (Lipinski definition) is 4. The van der Waals surface area contributed by atoms with Crippen molar-refractivity contribution >= 4 is 11.8 Å². The van der Waals surface area contributed by atoms with E-state index in [-0.39, 0.29) is 5.56 Å². The predicted molar refractivity (Wildman–Crippen MR) is 81.0 cm³/mol. The van der Waals surface area contributed by atoms with Crippen LogP contribution in [0.25, 0.3) is 0 Å². The number of H-pyrrole nitrogens is 1. The normalized spacial score (nSPS) is 14.1. The van der Waals surface area contributed by atoms with E-state index in [1.54, 1.807) is 11.8 Å². The average molecular weight is 287 g/mol. The Morgan fingerprint density at radius 1 is 1.35 bits per heavy atom. The van der Waals surface area contributed by atoms with E-state index in [1.807, 2.05) is 12.1 Å². The van der Waals surface area contributed by atoms with E-state index in [4.69, 9.17) is 0 Å². The minimum Gasteiger partial charge on any atom is -0.311 e. The van der Waals surface area contributed by atoms with Crippen LogP contribution in [0.2, 0.25) is 0 Å². The molecule has 0 amide bonds. The van der Waals surface area contributed by atoms with E-state index < -0.39 is 0 Å². The zero-order valence-electron chi connectivity index (χ0n) is 11.4. The molecule has 5 heteroatoms. The molecule has 1 aliphatic rings. The average Bonchev–Trinajstić information content (AvgIpc) is 2.46. The number of nitrogens with zero attached hydrogens (tertiary/aromatic N) is 1. The number of aromatic amines is 1. The number of aromatic nitrogens is 2. The molecule has 0 saturated carbocycles. The summed E-state index contributed by atoms with van der Waals surface area (Å²) in [5.74, 6) is 1.44. The predicted octanol–water partition coefficient (Wildman–Crippen LogP) is 2.02. The van der Waals surface area contributed by atoms with E-state index >= 15 is 0 Å². The van der Waals surface area contributed by atoms with Gasteiger partial charge in [0.05, 0.1) is 11.4 Å². The number of fused-ring (bicyclic) bond motifs is 1. The maximum atomic E-state index is 12.0. The molecule has 2 heterocycles. The number of nitrogens with one attached hydrogen (secondary N) is 2. The maximum Gasteiger partial charge on any atom is 0.254 e. The first-order valence-corrected chi connectivity index (χ1v) is 7.72. The van der Waals surface area contributed by atoms with Gasteiger partial charge in [0.1, 0.15) is 5.82 Å². The Hall–Kier alpha value is -1.59. The SMILES string of the molecule is Cc1ccccc1SCc1nc2c(c(=O)[nH]1)CCNC2. The van der Waals surface area contributed by atoms with Crippen molar-refractivity contribution < 1.29 is 0 Å². The lowest BCUT2D eigenvalue weighted by molar-refractivity contribution is 0.614. The standard InChI is InChI=1S/C15H17N3OS/c1-10-4-2-3-5-13(10)20-9-14-17-12-8-16-7-6-11(12)15(19)18-14/h2-5,16H,6-9H2,1H3,(H,17,18,19). The number of thioether (sulfide) groups is 1. The van der Waals surface area contributed by atoms with Crippen molar-refractivity contribution in [2.24, 2.45) is 0 Å². The molecule has 104 valence electrons. The highest BCUT2D eigenvalue weighted by atomic mass is 32.2. The summed E-state index contributed by atoms with van der Waals surface area (Å²) in [6.07, 6.45) is 0.767. The minimum absolute atomic E-state index is 0.0249. The number of benzene rings is 1. The molecule has 4 nitrogen and oxygen atoms in total. The Balaban J connectivity index is 1.80. The smallest absolute Gasteiger partial charge is 0.254 e. The largest absolute Gasteiger partial charge is 0.311 e. The Bertz CT molecular complexity index is 681. The molecule has 1 aliphatic heterocycles. The Morgan fingerprint density at radius 2 is 2.20 bits per heavy atom. The minimum atomic E-state index is 0.0249. The molecular formula is C15H17N3OS. The Morgan fingerprint density at radius 3 is 3.05 bits per heavy atom. The van der Waals surface area contributed by atoms with E-state index in [1.165, 1.54) is 10.5 Å². The fourth-order valence-corrected chi connectivity index (χ4v) is 3.25. The molecule has 0 aliphatic carbocycles. The van der Waals surface area contributed by atoms with Gasteiger partial charge in [0.25, 0.3) is 5.56 Å². The summed E-state index contributed by atoms with van der Waals surface area (Å²) >= 11 is 1.71. The third-order valence-electron chi connectivity index (χ3n) is 3.45. The molecule has 0 bridgehead atoms. The van der Waals surface area contributed by atoms with Crippen LogP contribution >= 0.6 is 11.8 Å². The van der Waals surface area contributed by atoms with Crippen LogP contribution in [0.5, 0.6) is 0 Å². The van der Waals surface area contributed by atoms with Gasteiger partial charge in [0.2, 0.25) is 0 Å². The molecule has 0 saturated heterocycles. The van der Waals surface area contributed by atoms with Gasteiger partial charge in [0, 0.05) is 17.0 Å². The Kier molecular flexibility index (Phi) is 3.89. The van der Waals surface area contributed by atoms with Crippen LogP contribution < -0.4 is 10.9 Å². The van der Waals surface area contributed by atoms with Crippen LogP contribution in [-0.2, 0) is 18.7 Å². The van der Waals surface area contributed by atoms with Gasteiger partial charge in [-0.2, -0.15) is 0 Å². The summed E-state index contributed by atoms with van der Waals surface area (Å²) in [6, 6.07) is 8.25. The molecule has 3 rings (SSSR count). The molecule has 20 heavy (non-hydrogen) atoms. The highest BCUT2D eigenvalue weighted by Crippen LogP contribution is 2.24. The van der Waals surface area contributed by atoms with Crippen LogP contribution in [0.3, 0.4) is 0 Å². The summed E-state index contributed by atoms with van der Waals surface area (Å²) in [4.78, 5) is 20.7. The van der Waals surface area contributed by atoms with Crippen LogP contribution in [0.15, 0.2) is 34.0 Å². The molecule has 0 radical (unpaired) electrons. The summed E-state index contributed by atoms with van der Waals surface area (Å²) in [6.45, 7) is 3.64. The zero-order valence-corrected chi connectivity index (χ0v) is 12.2. The molecule has 0 fully saturated rings. The molecule has 0 spiro atoms. The van der Waals surface area contributed by atoms with Crippen molar-refractivity contribution in [1.29, 1.82) is 0 Å². The van der Waals surface area contributed by atoms with Gasteiger partial charge < -0.3 is 10.3 Å². The van der Waals surface area contributed by atoms with E-state index in [9.17, 15) is 4.79 Å². The summed E-state index contributed by atoms with van der Waals surface area (Å²) in [7, 11) is 0. The maximum absolute atomic E-state index is 12.0. The quantitative estimate of drug-likeness (QED) is 0.848. The second-order valence-corrected chi connectivity index (χ2v) is 5.94. The van der Waals surface area contributed by atoms with E-state index in [0.717, 1.165) is 30.0 Å². The van der Waals surface area contributed by atoms with Crippen molar-refractivity contribution in [3.05, 3.63) is 57.3 Å². The van der Waals surface area contributed by atoms with Gasteiger partial charge >= 0.3 is 0 Å². The highest BCUT2D eigenvalue weighted by molar-refractivity contribution is 7.98. The third-order valence-corrected chi connectivity index (χ3v) is 4.64. The monoisotopic (exact) mass is 287 g/mol. The van der Waals surface area contributed by atoms with Crippen LogP contribution in [0.1, 0.15) is 22.6 Å². The van der Waals surface area contributed by atoms with E-state index in [0.29, 0.717) is 12.3 Å². The second-order valence-electron chi connectivity index (χ2n) is 4.92. The van der Waals surface area contributed by atoms with Crippen molar-refractivity contribution in [3.8, 4) is 0 Å². The van der Waals surface area contributed by atoms with Gasteiger partial charge in [-0.05, 0) is 31.5 Å². The highest BCUT2D eigenvalue weighted by Gasteiger charge is 2.15. The summed E-state index contributed by atoms with van der Waals surface area (Å²) in [5, 5.41) is 3.26. The van der Waals surface area contributed by atoms with E-state index in [2.05, 4.69) is 34.3 Å². The second kappa shape index (κ2) is 5.81. The zero-order chi connectivity index (χ0) is 13.9.